The first-order chi connectivity index (χ1) is 10.0. The molecule has 0 heterocycles. The summed E-state index contributed by atoms with van der Waals surface area (Å²) in [6, 6.07) is 10.8. The van der Waals surface area contributed by atoms with Crippen molar-refractivity contribution in [1.29, 1.82) is 0 Å². The lowest BCUT2D eigenvalue weighted by Gasteiger charge is -2.12. The molecule has 4 nitrogen and oxygen atoms in total. The van der Waals surface area contributed by atoms with Crippen LogP contribution in [0.25, 0.3) is 0 Å². The van der Waals surface area contributed by atoms with E-state index < -0.39 is 0 Å². The second-order valence-electron chi connectivity index (χ2n) is 4.62. The number of anilines is 1. The van der Waals surface area contributed by atoms with E-state index >= 15 is 0 Å². The van der Waals surface area contributed by atoms with Crippen molar-refractivity contribution in [2.24, 2.45) is 0 Å². The molecule has 0 spiro atoms. The summed E-state index contributed by atoms with van der Waals surface area (Å²) in [7, 11) is 1.36. The summed E-state index contributed by atoms with van der Waals surface area (Å²) >= 11 is 3.39. The summed E-state index contributed by atoms with van der Waals surface area (Å²) in [5.74, 6) is 0.325. The molecule has 0 atom stereocenters. The Morgan fingerprint density at radius 2 is 1.90 bits per heavy atom. The molecular formula is C16H16BrNO3. The standard InChI is InChI=1S/C16H16BrNO3/c1-10-7-13(17)8-14(18)15(10)21-9-11-3-5-12(6-4-11)16(19)20-2/h3-8H,9,18H2,1-2H3. The summed E-state index contributed by atoms with van der Waals surface area (Å²) < 4.78 is 11.4. The van der Waals surface area contributed by atoms with Gasteiger partial charge in [-0.25, -0.2) is 4.79 Å². The van der Waals surface area contributed by atoms with Crippen LogP contribution in [0.1, 0.15) is 21.5 Å². The lowest BCUT2D eigenvalue weighted by molar-refractivity contribution is 0.0600. The molecule has 0 saturated heterocycles. The van der Waals surface area contributed by atoms with Gasteiger partial charge >= 0.3 is 5.97 Å². The fourth-order valence-corrected chi connectivity index (χ4v) is 2.55. The monoisotopic (exact) mass is 349 g/mol. The molecule has 21 heavy (non-hydrogen) atoms. The number of hydrogen-bond acceptors (Lipinski definition) is 4. The number of ether oxygens (including phenoxy) is 2. The first-order valence-corrected chi connectivity index (χ1v) is 7.16. The number of aryl methyl sites for hydroxylation is 1. The van der Waals surface area contributed by atoms with E-state index in [0.717, 1.165) is 15.6 Å². The van der Waals surface area contributed by atoms with Crippen molar-refractivity contribution < 1.29 is 14.3 Å². The normalized spacial score (nSPS) is 10.2. The molecule has 0 bridgehead atoms. The van der Waals surface area contributed by atoms with Crippen LogP contribution in [0, 0.1) is 6.92 Å². The van der Waals surface area contributed by atoms with Gasteiger partial charge in [-0.1, -0.05) is 28.1 Å². The smallest absolute Gasteiger partial charge is 0.337 e. The SMILES string of the molecule is COC(=O)c1ccc(COc2c(C)cc(Br)cc2N)cc1. The van der Waals surface area contributed by atoms with Gasteiger partial charge in [0.05, 0.1) is 18.4 Å². The van der Waals surface area contributed by atoms with E-state index in [-0.39, 0.29) is 5.97 Å². The number of hydrogen-bond donors (Lipinski definition) is 1. The summed E-state index contributed by atoms with van der Waals surface area (Å²) in [6.45, 7) is 2.32. The lowest BCUT2D eigenvalue weighted by atomic mass is 10.1. The number of benzene rings is 2. The highest BCUT2D eigenvalue weighted by atomic mass is 79.9. The van der Waals surface area contributed by atoms with Gasteiger partial charge in [-0.3, -0.25) is 0 Å². The second-order valence-corrected chi connectivity index (χ2v) is 5.53. The number of nitrogen functional groups attached to an aromatic ring is 1. The topological polar surface area (TPSA) is 61.5 Å². The van der Waals surface area contributed by atoms with Crippen LogP contribution in [-0.2, 0) is 11.3 Å². The molecule has 0 unspecified atom stereocenters. The molecule has 2 aromatic rings. The molecule has 2 rings (SSSR count). The van der Waals surface area contributed by atoms with E-state index in [4.69, 9.17) is 10.5 Å². The Morgan fingerprint density at radius 3 is 2.48 bits per heavy atom. The highest BCUT2D eigenvalue weighted by Crippen LogP contribution is 2.30. The molecule has 0 fully saturated rings. The fourth-order valence-electron chi connectivity index (χ4n) is 1.96. The van der Waals surface area contributed by atoms with Crippen LogP contribution in [-0.4, -0.2) is 13.1 Å². The van der Waals surface area contributed by atoms with Crippen LogP contribution in [0.4, 0.5) is 5.69 Å². The first-order valence-electron chi connectivity index (χ1n) is 6.37. The van der Waals surface area contributed by atoms with Gasteiger partial charge < -0.3 is 15.2 Å². The van der Waals surface area contributed by atoms with Gasteiger partial charge in [0.25, 0.3) is 0 Å². The summed E-state index contributed by atoms with van der Waals surface area (Å²) in [5.41, 5.74) is 8.97. The highest BCUT2D eigenvalue weighted by molar-refractivity contribution is 9.10. The predicted molar refractivity (Wildman–Crippen MR) is 85.4 cm³/mol. The zero-order chi connectivity index (χ0) is 15.4. The molecule has 0 aromatic heterocycles. The molecule has 5 heteroatoms. The van der Waals surface area contributed by atoms with Crippen molar-refractivity contribution in [1.82, 2.24) is 0 Å². The molecule has 0 saturated carbocycles. The van der Waals surface area contributed by atoms with Gasteiger partial charge in [-0.05, 0) is 42.3 Å². The Hall–Kier alpha value is -2.01. The molecule has 0 aliphatic rings. The summed E-state index contributed by atoms with van der Waals surface area (Å²) in [5, 5.41) is 0. The second kappa shape index (κ2) is 6.63. The Balaban J connectivity index is 2.08. The molecule has 2 aromatic carbocycles. The molecule has 0 amide bonds. The van der Waals surface area contributed by atoms with Gasteiger partial charge in [0.15, 0.2) is 0 Å². The maximum atomic E-state index is 11.4. The van der Waals surface area contributed by atoms with Crippen LogP contribution < -0.4 is 10.5 Å². The Bertz CT molecular complexity index is 630. The Labute approximate surface area is 132 Å². The van der Waals surface area contributed by atoms with Gasteiger partial charge in [-0.2, -0.15) is 0 Å². The summed E-state index contributed by atoms with van der Waals surface area (Å²) in [4.78, 5) is 11.4. The third-order valence-electron chi connectivity index (χ3n) is 3.03. The van der Waals surface area contributed by atoms with E-state index in [0.29, 0.717) is 23.6 Å². The van der Waals surface area contributed by atoms with E-state index in [1.807, 2.05) is 31.2 Å². The third-order valence-corrected chi connectivity index (χ3v) is 3.48. The average molecular weight is 350 g/mol. The quantitative estimate of drug-likeness (QED) is 0.675. The van der Waals surface area contributed by atoms with E-state index in [9.17, 15) is 4.79 Å². The van der Waals surface area contributed by atoms with Crippen molar-refractivity contribution in [2.75, 3.05) is 12.8 Å². The zero-order valence-corrected chi connectivity index (χ0v) is 13.4. The van der Waals surface area contributed by atoms with Gasteiger partial charge in [0.1, 0.15) is 12.4 Å². The van der Waals surface area contributed by atoms with Crippen LogP contribution >= 0.6 is 15.9 Å². The molecular weight excluding hydrogens is 334 g/mol. The number of nitrogens with two attached hydrogens (primary N) is 1. The first kappa shape index (κ1) is 15.4. The third kappa shape index (κ3) is 3.76. The van der Waals surface area contributed by atoms with Crippen molar-refractivity contribution in [3.8, 4) is 5.75 Å². The van der Waals surface area contributed by atoms with Gasteiger partial charge in [-0.15, -0.1) is 0 Å². The number of rotatable bonds is 4. The number of halogens is 1. The largest absolute Gasteiger partial charge is 0.486 e. The van der Waals surface area contributed by atoms with Crippen LogP contribution in [0.5, 0.6) is 5.75 Å². The number of carbonyl (C=O) groups excluding carboxylic acids is 1. The van der Waals surface area contributed by atoms with Crippen LogP contribution in [0.15, 0.2) is 40.9 Å². The zero-order valence-electron chi connectivity index (χ0n) is 11.9. The van der Waals surface area contributed by atoms with Crippen LogP contribution in [0.3, 0.4) is 0 Å². The molecule has 0 aliphatic heterocycles. The maximum Gasteiger partial charge on any atom is 0.337 e. The number of carbonyl (C=O) groups is 1. The van der Waals surface area contributed by atoms with Crippen molar-refractivity contribution in [3.63, 3.8) is 0 Å². The number of methoxy groups -OCH3 is 1. The van der Waals surface area contributed by atoms with E-state index in [1.54, 1.807) is 12.1 Å². The van der Waals surface area contributed by atoms with Crippen LogP contribution in [0.2, 0.25) is 0 Å². The number of esters is 1. The highest BCUT2D eigenvalue weighted by Gasteiger charge is 2.08. The lowest BCUT2D eigenvalue weighted by Crippen LogP contribution is -2.03. The molecule has 2 N–H and O–H groups in total. The minimum absolute atomic E-state index is 0.351. The van der Waals surface area contributed by atoms with E-state index in [1.165, 1.54) is 7.11 Å². The van der Waals surface area contributed by atoms with Crippen molar-refractivity contribution in [3.05, 3.63) is 57.6 Å². The fraction of sp³-hybridized carbons (Fsp3) is 0.188. The predicted octanol–water partition coefficient (Wildman–Crippen LogP) is 3.71. The van der Waals surface area contributed by atoms with Crippen molar-refractivity contribution in [2.45, 2.75) is 13.5 Å². The average Bonchev–Trinajstić information content (AvgIpc) is 2.46. The van der Waals surface area contributed by atoms with Crippen molar-refractivity contribution >= 4 is 27.6 Å². The molecule has 110 valence electrons. The van der Waals surface area contributed by atoms with E-state index in [2.05, 4.69) is 20.7 Å². The van der Waals surface area contributed by atoms with Gasteiger partial charge in [0, 0.05) is 4.47 Å². The molecule has 0 radical (unpaired) electrons. The summed E-state index contributed by atoms with van der Waals surface area (Å²) in [6.07, 6.45) is 0. The minimum Gasteiger partial charge on any atom is -0.486 e. The Morgan fingerprint density at radius 1 is 1.24 bits per heavy atom. The Kier molecular flexibility index (Phi) is 4.85. The maximum absolute atomic E-state index is 11.4. The molecule has 0 aliphatic carbocycles. The minimum atomic E-state index is -0.351. The van der Waals surface area contributed by atoms with Gasteiger partial charge in [0.2, 0.25) is 0 Å².